The van der Waals surface area contributed by atoms with Gasteiger partial charge in [0.25, 0.3) is 0 Å². The van der Waals surface area contributed by atoms with Crippen molar-refractivity contribution in [1.29, 1.82) is 0 Å². The van der Waals surface area contributed by atoms with E-state index in [-0.39, 0.29) is 6.10 Å². The van der Waals surface area contributed by atoms with Crippen LogP contribution in [0.3, 0.4) is 0 Å². The minimum atomic E-state index is -0.354. The van der Waals surface area contributed by atoms with E-state index in [0.717, 1.165) is 25.9 Å². The third-order valence-electron chi connectivity index (χ3n) is 2.08. The van der Waals surface area contributed by atoms with E-state index in [4.69, 9.17) is 4.74 Å². The van der Waals surface area contributed by atoms with Crippen molar-refractivity contribution in [3.63, 3.8) is 0 Å². The second kappa shape index (κ2) is 7.32. The lowest BCUT2D eigenvalue weighted by Gasteiger charge is -2.14. The lowest BCUT2D eigenvalue weighted by Crippen LogP contribution is -2.14. The second-order valence-electron chi connectivity index (χ2n) is 3.19. The molecule has 0 aliphatic heterocycles. The molecule has 0 aromatic rings. The second-order valence-corrected chi connectivity index (χ2v) is 3.19. The quantitative estimate of drug-likeness (QED) is 0.470. The van der Waals surface area contributed by atoms with Crippen molar-refractivity contribution < 1.29 is 9.84 Å². The number of hydrogen-bond acceptors (Lipinski definition) is 2. The molecule has 2 atom stereocenters. The summed E-state index contributed by atoms with van der Waals surface area (Å²) in [6, 6.07) is 0. The molecule has 0 saturated heterocycles. The van der Waals surface area contributed by atoms with Crippen molar-refractivity contribution in [2.75, 3.05) is 13.7 Å². The van der Waals surface area contributed by atoms with Crippen LogP contribution in [-0.4, -0.2) is 24.9 Å². The molecule has 12 heavy (non-hydrogen) atoms. The predicted octanol–water partition coefficient (Wildman–Crippen LogP) is 1.99. The van der Waals surface area contributed by atoms with E-state index in [1.54, 1.807) is 13.2 Å². The molecule has 2 heteroatoms. The van der Waals surface area contributed by atoms with Gasteiger partial charge in [0.2, 0.25) is 0 Å². The van der Waals surface area contributed by atoms with Crippen LogP contribution in [0.2, 0.25) is 0 Å². The number of aliphatic hydroxyl groups is 1. The first-order chi connectivity index (χ1) is 5.72. The van der Waals surface area contributed by atoms with Crippen LogP contribution in [0.5, 0.6) is 0 Å². The lowest BCUT2D eigenvalue weighted by atomic mass is 9.98. The molecular formula is C10H20O2. The largest absolute Gasteiger partial charge is 0.389 e. The van der Waals surface area contributed by atoms with Gasteiger partial charge in [-0.25, -0.2) is 0 Å². The molecule has 1 unspecified atom stereocenters. The smallest absolute Gasteiger partial charge is 0.0743 e. The molecule has 0 fully saturated rings. The Morgan fingerprint density at radius 3 is 2.67 bits per heavy atom. The van der Waals surface area contributed by atoms with Gasteiger partial charge < -0.3 is 9.84 Å². The monoisotopic (exact) mass is 172 g/mol. The topological polar surface area (TPSA) is 29.5 Å². The van der Waals surface area contributed by atoms with Crippen LogP contribution in [-0.2, 0) is 4.74 Å². The molecule has 0 aliphatic carbocycles. The van der Waals surface area contributed by atoms with Gasteiger partial charge in [0.15, 0.2) is 0 Å². The molecule has 0 spiro atoms. The number of unbranched alkanes of at least 4 members (excludes halogenated alkanes) is 1. The first-order valence-corrected chi connectivity index (χ1v) is 4.52. The van der Waals surface area contributed by atoms with Gasteiger partial charge in [0.1, 0.15) is 0 Å². The number of ether oxygens (including phenoxy) is 1. The van der Waals surface area contributed by atoms with Gasteiger partial charge in [-0.1, -0.05) is 19.4 Å². The SMILES string of the molecule is C=CC(O)[C@H](C)CCCCOC. The van der Waals surface area contributed by atoms with Crippen molar-refractivity contribution in [3.8, 4) is 0 Å². The third kappa shape index (κ3) is 5.33. The summed E-state index contributed by atoms with van der Waals surface area (Å²) in [7, 11) is 1.71. The number of hydrogen-bond donors (Lipinski definition) is 1. The van der Waals surface area contributed by atoms with Crippen molar-refractivity contribution in [2.45, 2.75) is 32.3 Å². The van der Waals surface area contributed by atoms with Crippen LogP contribution in [0.1, 0.15) is 26.2 Å². The molecule has 0 saturated carbocycles. The van der Waals surface area contributed by atoms with Gasteiger partial charge in [0.05, 0.1) is 6.10 Å². The third-order valence-corrected chi connectivity index (χ3v) is 2.08. The molecule has 0 bridgehead atoms. The Bertz CT molecular complexity index is 112. The van der Waals surface area contributed by atoms with E-state index in [9.17, 15) is 5.11 Å². The Morgan fingerprint density at radius 1 is 1.50 bits per heavy atom. The van der Waals surface area contributed by atoms with Crippen LogP contribution in [0.4, 0.5) is 0 Å². The van der Waals surface area contributed by atoms with Crippen LogP contribution in [0.15, 0.2) is 12.7 Å². The Kier molecular flexibility index (Phi) is 7.11. The standard InChI is InChI=1S/C10H20O2/c1-4-10(11)9(2)7-5-6-8-12-3/h4,9-11H,1,5-8H2,2-3H3/t9-,10?/m1/s1. The highest BCUT2D eigenvalue weighted by Crippen LogP contribution is 2.12. The summed E-state index contributed by atoms with van der Waals surface area (Å²) in [5.41, 5.74) is 0. The van der Waals surface area contributed by atoms with Gasteiger partial charge in [-0.05, 0) is 18.8 Å². The Morgan fingerprint density at radius 2 is 2.17 bits per heavy atom. The van der Waals surface area contributed by atoms with E-state index >= 15 is 0 Å². The number of methoxy groups -OCH3 is 1. The number of aliphatic hydroxyl groups excluding tert-OH is 1. The maximum absolute atomic E-state index is 9.33. The van der Waals surface area contributed by atoms with Crippen LogP contribution in [0.25, 0.3) is 0 Å². The summed E-state index contributed by atoms with van der Waals surface area (Å²) in [6.07, 6.45) is 4.47. The molecule has 0 aliphatic rings. The predicted molar refractivity (Wildman–Crippen MR) is 51.1 cm³/mol. The minimum Gasteiger partial charge on any atom is -0.389 e. The molecule has 0 heterocycles. The average Bonchev–Trinajstić information content (AvgIpc) is 2.10. The van der Waals surface area contributed by atoms with Crippen LogP contribution >= 0.6 is 0 Å². The van der Waals surface area contributed by atoms with Crippen LogP contribution < -0.4 is 0 Å². The summed E-state index contributed by atoms with van der Waals surface area (Å²) in [5.74, 6) is 0.319. The molecule has 0 radical (unpaired) electrons. The Labute approximate surface area is 75.2 Å². The fourth-order valence-corrected chi connectivity index (χ4v) is 1.12. The molecular weight excluding hydrogens is 152 g/mol. The summed E-state index contributed by atoms with van der Waals surface area (Å²) in [5, 5.41) is 9.33. The molecule has 0 aromatic heterocycles. The Hall–Kier alpha value is -0.340. The Balaban J connectivity index is 3.30. The summed E-state index contributed by atoms with van der Waals surface area (Å²) < 4.78 is 4.93. The number of rotatable bonds is 7. The molecule has 0 rings (SSSR count). The highest BCUT2D eigenvalue weighted by atomic mass is 16.5. The zero-order valence-corrected chi connectivity index (χ0v) is 8.12. The van der Waals surface area contributed by atoms with E-state index < -0.39 is 0 Å². The minimum absolute atomic E-state index is 0.319. The highest BCUT2D eigenvalue weighted by Gasteiger charge is 2.08. The van der Waals surface area contributed by atoms with Gasteiger partial charge >= 0.3 is 0 Å². The first-order valence-electron chi connectivity index (χ1n) is 4.52. The molecule has 0 amide bonds. The van der Waals surface area contributed by atoms with E-state index in [0.29, 0.717) is 5.92 Å². The van der Waals surface area contributed by atoms with Crippen molar-refractivity contribution in [2.24, 2.45) is 5.92 Å². The van der Waals surface area contributed by atoms with Crippen molar-refractivity contribution >= 4 is 0 Å². The molecule has 2 nitrogen and oxygen atoms in total. The van der Waals surface area contributed by atoms with Gasteiger partial charge in [-0.3, -0.25) is 0 Å². The van der Waals surface area contributed by atoms with Crippen LogP contribution in [0, 0.1) is 5.92 Å². The normalized spacial score (nSPS) is 15.6. The first kappa shape index (κ1) is 11.7. The van der Waals surface area contributed by atoms with E-state index in [2.05, 4.69) is 6.58 Å². The maximum atomic E-state index is 9.33. The molecule has 1 N–H and O–H groups in total. The zero-order chi connectivity index (χ0) is 9.40. The van der Waals surface area contributed by atoms with Gasteiger partial charge in [-0.15, -0.1) is 6.58 Å². The van der Waals surface area contributed by atoms with Gasteiger partial charge in [0, 0.05) is 13.7 Å². The summed E-state index contributed by atoms with van der Waals surface area (Å²) in [4.78, 5) is 0. The maximum Gasteiger partial charge on any atom is 0.0743 e. The van der Waals surface area contributed by atoms with E-state index in [1.807, 2.05) is 6.92 Å². The average molecular weight is 172 g/mol. The van der Waals surface area contributed by atoms with Crippen molar-refractivity contribution in [3.05, 3.63) is 12.7 Å². The van der Waals surface area contributed by atoms with Gasteiger partial charge in [-0.2, -0.15) is 0 Å². The summed E-state index contributed by atoms with van der Waals surface area (Å²) >= 11 is 0. The zero-order valence-electron chi connectivity index (χ0n) is 8.12. The lowest BCUT2D eigenvalue weighted by molar-refractivity contribution is 0.148. The highest BCUT2D eigenvalue weighted by molar-refractivity contribution is 4.81. The van der Waals surface area contributed by atoms with E-state index in [1.165, 1.54) is 0 Å². The molecule has 0 aromatic carbocycles. The van der Waals surface area contributed by atoms with Crippen molar-refractivity contribution in [1.82, 2.24) is 0 Å². The molecule has 72 valence electrons. The fraction of sp³-hybridized carbons (Fsp3) is 0.800. The fourth-order valence-electron chi connectivity index (χ4n) is 1.12. The summed E-state index contributed by atoms with van der Waals surface area (Å²) in [6.45, 7) is 6.41.